The molecule has 0 saturated heterocycles. The first-order valence-electron chi connectivity index (χ1n) is 22.1. The molecule has 7 heteroatoms. The van der Waals surface area contributed by atoms with E-state index < -0.39 is 8.07 Å². The zero-order chi connectivity index (χ0) is 43.9. The summed E-state index contributed by atoms with van der Waals surface area (Å²) in [5.74, 6) is 2.04. The summed E-state index contributed by atoms with van der Waals surface area (Å²) >= 11 is 0. The third kappa shape index (κ3) is 9.29. The number of hydrogen-bond donors (Lipinski definition) is 0. The molecule has 0 aliphatic carbocycles. The number of benzene rings is 5. The Bertz CT molecular complexity index is 3000. The number of aryl methyl sites for hydroxylation is 2. The van der Waals surface area contributed by atoms with E-state index in [1.165, 1.54) is 38.7 Å². The van der Waals surface area contributed by atoms with E-state index in [0.29, 0.717) is 5.92 Å². The Kier molecular flexibility index (Phi) is 13.5. The number of pyridine rings is 2. The molecule has 5 nitrogen and oxygen atoms in total. The summed E-state index contributed by atoms with van der Waals surface area (Å²) in [6.45, 7) is 25.0. The van der Waals surface area contributed by atoms with Gasteiger partial charge in [-0.25, -0.2) is 0 Å². The Hall–Kier alpha value is -5.46. The van der Waals surface area contributed by atoms with Crippen LogP contribution in [0.3, 0.4) is 0 Å². The predicted molar refractivity (Wildman–Crippen MR) is 264 cm³/mol. The second kappa shape index (κ2) is 18.7. The molecule has 323 valence electrons. The van der Waals surface area contributed by atoms with Crippen molar-refractivity contribution < 1.29 is 24.5 Å². The van der Waals surface area contributed by atoms with E-state index in [9.17, 15) is 0 Å². The van der Waals surface area contributed by atoms with Gasteiger partial charge in [0.05, 0.1) is 36.2 Å². The molecule has 0 atom stereocenters. The van der Waals surface area contributed by atoms with E-state index in [2.05, 4.69) is 175 Å². The number of fused-ring (bicyclic) bond motifs is 4. The minimum Gasteiger partial charge on any atom is -0.501 e. The van der Waals surface area contributed by atoms with Crippen LogP contribution in [0.5, 0.6) is 0 Å². The number of furan rings is 1. The number of imidazole rings is 1. The van der Waals surface area contributed by atoms with Crippen LogP contribution in [0.15, 0.2) is 126 Å². The van der Waals surface area contributed by atoms with Gasteiger partial charge in [0.1, 0.15) is 5.58 Å². The van der Waals surface area contributed by atoms with E-state index in [0.717, 1.165) is 73.4 Å². The Labute approximate surface area is 388 Å². The number of rotatable bonds is 9. The molecule has 0 spiro atoms. The smallest absolute Gasteiger partial charge is 0.120 e. The monoisotopic (exact) mass is 1020 g/mol. The van der Waals surface area contributed by atoms with Crippen LogP contribution in [-0.2, 0) is 26.5 Å². The molecule has 0 aliphatic rings. The zero-order valence-corrected chi connectivity index (χ0v) is 41.9. The average molecular weight is 1020 g/mol. The third-order valence-electron chi connectivity index (χ3n) is 11.7. The predicted octanol–water partition coefficient (Wildman–Crippen LogP) is 14.6. The second-order valence-electron chi connectivity index (χ2n) is 18.7. The molecule has 9 aromatic rings. The largest absolute Gasteiger partial charge is 0.501 e. The molecule has 0 fully saturated rings. The Morgan fingerprint density at radius 2 is 1.38 bits per heavy atom. The van der Waals surface area contributed by atoms with Gasteiger partial charge in [0.15, 0.2) is 0 Å². The minimum atomic E-state index is -1.34. The van der Waals surface area contributed by atoms with E-state index in [1.807, 2.05) is 43.3 Å². The first-order chi connectivity index (χ1) is 29.7. The molecule has 0 amide bonds. The fourth-order valence-corrected chi connectivity index (χ4v) is 10.4. The van der Waals surface area contributed by atoms with Crippen LogP contribution in [0.2, 0.25) is 19.6 Å². The van der Waals surface area contributed by atoms with Gasteiger partial charge in [-0.3, -0.25) is 9.97 Å². The maximum absolute atomic E-state index is 6.51. The van der Waals surface area contributed by atoms with Gasteiger partial charge in [-0.15, -0.1) is 54.1 Å². The molecular formula is C56H58IrN4OSi-2. The molecule has 0 unspecified atom stereocenters. The van der Waals surface area contributed by atoms with Crippen molar-refractivity contribution in [2.45, 2.75) is 93.3 Å². The van der Waals surface area contributed by atoms with Crippen molar-refractivity contribution in [3.8, 4) is 39.5 Å². The third-order valence-corrected chi connectivity index (χ3v) is 13.7. The van der Waals surface area contributed by atoms with Gasteiger partial charge in [-0.2, -0.15) is 0 Å². The van der Waals surface area contributed by atoms with Crippen LogP contribution >= 0.6 is 0 Å². The van der Waals surface area contributed by atoms with Crippen LogP contribution in [-0.4, -0.2) is 27.6 Å². The molecule has 9 rings (SSSR count). The molecule has 63 heavy (non-hydrogen) atoms. The van der Waals surface area contributed by atoms with Gasteiger partial charge in [-0.1, -0.05) is 132 Å². The summed E-state index contributed by atoms with van der Waals surface area (Å²) in [6.07, 6.45) is 3.24. The van der Waals surface area contributed by atoms with E-state index in [4.69, 9.17) is 14.4 Å². The summed E-state index contributed by atoms with van der Waals surface area (Å²) in [7, 11) is -1.34. The van der Waals surface area contributed by atoms with Crippen molar-refractivity contribution in [3.63, 3.8) is 0 Å². The Balaban J connectivity index is 0.000000239. The number of aromatic nitrogens is 4. The van der Waals surface area contributed by atoms with Crippen LogP contribution in [0.4, 0.5) is 0 Å². The summed E-state index contributed by atoms with van der Waals surface area (Å²) < 4.78 is 8.85. The molecule has 1 radical (unpaired) electrons. The van der Waals surface area contributed by atoms with Crippen molar-refractivity contribution in [1.82, 2.24) is 19.5 Å². The van der Waals surface area contributed by atoms with Crippen molar-refractivity contribution in [2.75, 3.05) is 0 Å². The van der Waals surface area contributed by atoms with Crippen LogP contribution in [0.25, 0.3) is 72.4 Å². The maximum Gasteiger partial charge on any atom is 0.120 e. The SMILES string of the molecule is CC(C)Cc1cc(-c2[c-]cccc2)ncc1[Si](C)(C)C.Cc1cc2nc(-c3[c-]ccc4c3oc3ccccc34)n(-c3c(C(C)C)cc(-c4ccccc4)cc3C(C)C)c2c(C)n1.[Ir]. The number of para-hydroxylation sites is 1. The van der Waals surface area contributed by atoms with E-state index >= 15 is 0 Å². The van der Waals surface area contributed by atoms with Crippen LogP contribution < -0.4 is 5.19 Å². The first-order valence-corrected chi connectivity index (χ1v) is 25.6. The van der Waals surface area contributed by atoms with Gasteiger partial charge in [0.2, 0.25) is 0 Å². The van der Waals surface area contributed by atoms with Crippen molar-refractivity contribution in [3.05, 3.63) is 162 Å². The molecule has 5 aromatic carbocycles. The van der Waals surface area contributed by atoms with E-state index in [-0.39, 0.29) is 31.9 Å². The number of hydrogen-bond acceptors (Lipinski definition) is 4. The quantitative estimate of drug-likeness (QED) is 0.107. The van der Waals surface area contributed by atoms with Gasteiger partial charge >= 0.3 is 0 Å². The molecule has 4 aromatic heterocycles. The summed E-state index contributed by atoms with van der Waals surface area (Å²) in [4.78, 5) is 14.9. The summed E-state index contributed by atoms with van der Waals surface area (Å²) in [5.41, 5.74) is 16.2. The second-order valence-corrected chi connectivity index (χ2v) is 23.7. The zero-order valence-electron chi connectivity index (χ0n) is 38.5. The van der Waals surface area contributed by atoms with Crippen molar-refractivity contribution >= 4 is 46.2 Å². The van der Waals surface area contributed by atoms with Crippen molar-refractivity contribution in [1.29, 1.82) is 0 Å². The standard InChI is InChI=1S/C38H34N3O.C18H24NSi.Ir/c1-22(2)31-20-27(26-13-8-7-9-14-26)21-32(23(3)4)36(31)41-35-25(6)39-24(5)19-33(35)40-38(41)30-17-12-16-29-28-15-10-11-18-34(28)42-37(29)30;1-14(2)11-16-12-17(15-9-7-6-8-10-15)19-13-18(16)20(3,4)5;/h7-16,18-23H,1-6H3;6-9,12-14H,11H2,1-5H3;/q2*-1;. The Morgan fingerprint density at radius 3 is 2.03 bits per heavy atom. The molecule has 0 saturated carbocycles. The average Bonchev–Trinajstić information content (AvgIpc) is 3.82. The number of nitrogens with zero attached hydrogens (tertiary/aromatic N) is 4. The van der Waals surface area contributed by atoms with E-state index in [1.54, 1.807) is 0 Å². The summed E-state index contributed by atoms with van der Waals surface area (Å²) in [6, 6.07) is 46.9. The maximum atomic E-state index is 6.51. The van der Waals surface area contributed by atoms with Crippen LogP contribution in [0.1, 0.15) is 81.5 Å². The minimum absolute atomic E-state index is 0. The first kappa shape index (κ1) is 45.6. The van der Waals surface area contributed by atoms with Crippen LogP contribution in [0, 0.1) is 31.9 Å². The molecule has 0 bridgehead atoms. The summed E-state index contributed by atoms with van der Waals surface area (Å²) in [5, 5.41) is 3.65. The fraction of sp³-hybridized carbons (Fsp3) is 0.268. The van der Waals surface area contributed by atoms with Gasteiger partial charge < -0.3 is 14.0 Å². The normalized spacial score (nSPS) is 11.8. The molecule has 4 heterocycles. The van der Waals surface area contributed by atoms with Gasteiger partial charge in [0.25, 0.3) is 0 Å². The van der Waals surface area contributed by atoms with Gasteiger partial charge in [-0.05, 0) is 95.4 Å². The molecule has 0 N–H and O–H groups in total. The van der Waals surface area contributed by atoms with Gasteiger partial charge in [0, 0.05) is 43.1 Å². The fourth-order valence-electron chi connectivity index (χ4n) is 8.77. The Morgan fingerprint density at radius 1 is 0.698 bits per heavy atom. The van der Waals surface area contributed by atoms with Crippen molar-refractivity contribution in [2.24, 2.45) is 5.92 Å². The molecule has 0 aliphatic heterocycles. The molecular weight excluding hydrogens is 965 g/mol. The topological polar surface area (TPSA) is 56.7 Å².